The molecule has 2 atom stereocenters. The highest BCUT2D eigenvalue weighted by Gasteiger charge is 2.33. The van der Waals surface area contributed by atoms with Gasteiger partial charge in [0.05, 0.1) is 12.7 Å². The van der Waals surface area contributed by atoms with Gasteiger partial charge in [-0.1, -0.05) is 24.3 Å². The number of piperidine rings is 1. The first kappa shape index (κ1) is 21.7. The Kier molecular flexibility index (Phi) is 5.90. The standard InChI is InChI=1S/C28H28FNO3/c1-18-12-21(14-23(29)13-18)28-27(26-7-6-25(32)15-22(26)17-33-28)20-2-4-24(5-3-20)30-10-8-19(16-31)9-11-30/h2-7,12-16,19,27-28,32H,8-11,17H2,1H3/t27-,28-/m1/s1. The van der Waals surface area contributed by atoms with Gasteiger partial charge in [-0.2, -0.15) is 0 Å². The van der Waals surface area contributed by atoms with Crippen LogP contribution in [0.5, 0.6) is 5.75 Å². The Labute approximate surface area is 193 Å². The van der Waals surface area contributed by atoms with Gasteiger partial charge in [0, 0.05) is 30.6 Å². The minimum Gasteiger partial charge on any atom is -0.508 e. The largest absolute Gasteiger partial charge is 0.508 e. The van der Waals surface area contributed by atoms with Crippen molar-refractivity contribution in [1.82, 2.24) is 0 Å². The lowest BCUT2D eigenvalue weighted by molar-refractivity contribution is -0.111. The summed E-state index contributed by atoms with van der Waals surface area (Å²) in [5, 5.41) is 9.99. The molecule has 0 aromatic heterocycles. The second-order valence-electron chi connectivity index (χ2n) is 9.21. The van der Waals surface area contributed by atoms with Gasteiger partial charge >= 0.3 is 0 Å². The number of phenols is 1. The average Bonchev–Trinajstić information content (AvgIpc) is 2.83. The summed E-state index contributed by atoms with van der Waals surface area (Å²) in [6.07, 6.45) is 2.53. The topological polar surface area (TPSA) is 49.8 Å². The van der Waals surface area contributed by atoms with Crippen LogP contribution in [-0.2, 0) is 16.1 Å². The van der Waals surface area contributed by atoms with Crippen LogP contribution in [0.2, 0.25) is 0 Å². The van der Waals surface area contributed by atoms with Crippen LogP contribution in [0, 0.1) is 18.7 Å². The van der Waals surface area contributed by atoms with Gasteiger partial charge in [-0.25, -0.2) is 4.39 Å². The summed E-state index contributed by atoms with van der Waals surface area (Å²) in [7, 11) is 0. The summed E-state index contributed by atoms with van der Waals surface area (Å²) >= 11 is 0. The van der Waals surface area contributed by atoms with Crippen LogP contribution >= 0.6 is 0 Å². The molecule has 2 heterocycles. The van der Waals surface area contributed by atoms with Crippen molar-refractivity contribution in [3.63, 3.8) is 0 Å². The number of benzene rings is 3. The van der Waals surface area contributed by atoms with Crippen molar-refractivity contribution in [3.8, 4) is 5.75 Å². The minimum atomic E-state index is -0.328. The Morgan fingerprint density at radius 3 is 2.45 bits per heavy atom. The molecule has 5 heteroatoms. The van der Waals surface area contributed by atoms with E-state index < -0.39 is 0 Å². The molecule has 33 heavy (non-hydrogen) atoms. The van der Waals surface area contributed by atoms with Gasteiger partial charge in [0.1, 0.15) is 17.9 Å². The van der Waals surface area contributed by atoms with Gasteiger partial charge in [-0.3, -0.25) is 0 Å². The lowest BCUT2D eigenvalue weighted by Crippen LogP contribution is -2.34. The Morgan fingerprint density at radius 1 is 1.00 bits per heavy atom. The molecule has 0 unspecified atom stereocenters. The van der Waals surface area contributed by atoms with Crippen molar-refractivity contribution >= 4 is 12.0 Å². The van der Waals surface area contributed by atoms with Gasteiger partial charge in [-0.05, 0) is 84.0 Å². The first-order valence-corrected chi connectivity index (χ1v) is 11.5. The molecule has 3 aromatic rings. The van der Waals surface area contributed by atoms with Crippen molar-refractivity contribution in [2.24, 2.45) is 5.92 Å². The molecule has 0 bridgehead atoms. The highest BCUT2D eigenvalue weighted by molar-refractivity contribution is 5.56. The van der Waals surface area contributed by atoms with E-state index in [0.717, 1.165) is 65.7 Å². The first-order valence-electron chi connectivity index (χ1n) is 11.5. The number of halogens is 1. The Morgan fingerprint density at radius 2 is 1.76 bits per heavy atom. The van der Waals surface area contributed by atoms with Crippen LogP contribution in [-0.4, -0.2) is 24.5 Å². The fourth-order valence-corrected chi connectivity index (χ4v) is 5.22. The molecule has 0 saturated carbocycles. The zero-order valence-electron chi connectivity index (χ0n) is 18.7. The van der Waals surface area contributed by atoms with Crippen LogP contribution in [0.3, 0.4) is 0 Å². The van der Waals surface area contributed by atoms with E-state index in [0.29, 0.717) is 6.61 Å². The van der Waals surface area contributed by atoms with Crippen molar-refractivity contribution in [1.29, 1.82) is 0 Å². The number of phenolic OH excluding ortho intramolecular Hbond substituents is 1. The minimum absolute atomic E-state index is 0.120. The Balaban J connectivity index is 1.50. The van der Waals surface area contributed by atoms with Gasteiger partial charge in [0.15, 0.2) is 0 Å². The molecule has 170 valence electrons. The third-order valence-corrected chi connectivity index (χ3v) is 6.93. The summed E-state index contributed by atoms with van der Waals surface area (Å²) in [5.74, 6) is -0.00290. The van der Waals surface area contributed by atoms with Crippen LogP contribution in [0.25, 0.3) is 0 Å². The van der Waals surface area contributed by atoms with Crippen LogP contribution in [0.4, 0.5) is 10.1 Å². The second-order valence-corrected chi connectivity index (χ2v) is 9.21. The van der Waals surface area contributed by atoms with E-state index in [2.05, 4.69) is 29.2 Å². The third-order valence-electron chi connectivity index (χ3n) is 6.93. The van der Waals surface area contributed by atoms with Crippen LogP contribution in [0.1, 0.15) is 52.7 Å². The number of ether oxygens (including phenoxy) is 1. The number of fused-ring (bicyclic) bond motifs is 1. The Hall–Kier alpha value is -3.18. The lowest BCUT2D eigenvalue weighted by Gasteiger charge is -2.35. The number of carbonyl (C=O) groups is 1. The highest BCUT2D eigenvalue weighted by atomic mass is 19.1. The molecule has 1 N–H and O–H groups in total. The molecule has 0 amide bonds. The van der Waals surface area contributed by atoms with Gasteiger partial charge in [0.25, 0.3) is 0 Å². The summed E-state index contributed by atoms with van der Waals surface area (Å²) in [5.41, 5.74) is 5.94. The van der Waals surface area contributed by atoms with E-state index in [1.165, 1.54) is 6.07 Å². The lowest BCUT2D eigenvalue weighted by atomic mass is 9.79. The zero-order chi connectivity index (χ0) is 22.9. The number of aldehydes is 1. The van der Waals surface area contributed by atoms with Gasteiger partial charge in [0.2, 0.25) is 0 Å². The van der Waals surface area contributed by atoms with E-state index in [9.17, 15) is 14.3 Å². The smallest absolute Gasteiger partial charge is 0.123 e. The molecule has 2 aliphatic rings. The summed E-state index contributed by atoms with van der Waals surface area (Å²) in [6.45, 7) is 4.01. The molecule has 0 spiro atoms. The number of carbonyl (C=O) groups excluding carboxylic acids is 1. The average molecular weight is 446 g/mol. The van der Waals surface area contributed by atoms with E-state index in [-0.39, 0.29) is 29.5 Å². The number of nitrogens with zero attached hydrogens (tertiary/aromatic N) is 1. The van der Waals surface area contributed by atoms with E-state index in [1.807, 2.05) is 19.1 Å². The molecule has 3 aromatic carbocycles. The summed E-state index contributed by atoms with van der Waals surface area (Å²) in [6, 6.07) is 19.0. The number of hydrogen-bond acceptors (Lipinski definition) is 4. The highest BCUT2D eigenvalue weighted by Crippen LogP contribution is 2.46. The SMILES string of the molecule is Cc1cc(F)cc([C@H]2OCc3cc(O)ccc3[C@H]2c2ccc(N3CCC(C=O)CC3)cc2)c1. The zero-order valence-corrected chi connectivity index (χ0v) is 18.7. The van der Waals surface area contributed by atoms with Crippen molar-refractivity contribution in [2.75, 3.05) is 18.0 Å². The molecule has 2 aliphatic heterocycles. The number of hydrogen-bond donors (Lipinski definition) is 1. The van der Waals surface area contributed by atoms with E-state index in [4.69, 9.17) is 4.74 Å². The number of aryl methyl sites for hydroxylation is 1. The Bertz CT molecular complexity index is 1130. The molecular weight excluding hydrogens is 417 g/mol. The van der Waals surface area contributed by atoms with Crippen molar-refractivity contribution in [2.45, 2.75) is 38.4 Å². The van der Waals surface area contributed by atoms with Crippen molar-refractivity contribution in [3.05, 3.63) is 94.3 Å². The maximum absolute atomic E-state index is 14.3. The van der Waals surface area contributed by atoms with Crippen LogP contribution in [0.15, 0.2) is 60.7 Å². The monoisotopic (exact) mass is 445 g/mol. The fourth-order valence-electron chi connectivity index (χ4n) is 5.22. The quantitative estimate of drug-likeness (QED) is 0.527. The van der Waals surface area contributed by atoms with Gasteiger partial charge < -0.3 is 19.5 Å². The molecular formula is C28H28FNO3. The molecule has 1 saturated heterocycles. The first-order chi connectivity index (χ1) is 16.0. The summed E-state index contributed by atoms with van der Waals surface area (Å²) < 4.78 is 20.5. The maximum Gasteiger partial charge on any atom is 0.123 e. The second kappa shape index (κ2) is 8.99. The van der Waals surface area contributed by atoms with E-state index >= 15 is 0 Å². The molecule has 1 fully saturated rings. The molecule has 0 aliphatic carbocycles. The summed E-state index contributed by atoms with van der Waals surface area (Å²) in [4.78, 5) is 13.4. The molecule has 4 nitrogen and oxygen atoms in total. The van der Waals surface area contributed by atoms with Crippen molar-refractivity contribution < 1.29 is 19.0 Å². The van der Waals surface area contributed by atoms with E-state index in [1.54, 1.807) is 18.2 Å². The predicted octanol–water partition coefficient (Wildman–Crippen LogP) is 5.66. The number of aromatic hydroxyl groups is 1. The number of rotatable bonds is 4. The maximum atomic E-state index is 14.3. The normalized spacial score (nSPS) is 21.0. The third kappa shape index (κ3) is 4.38. The predicted molar refractivity (Wildman–Crippen MR) is 126 cm³/mol. The molecule has 5 rings (SSSR count). The van der Waals surface area contributed by atoms with Gasteiger partial charge in [-0.15, -0.1) is 0 Å². The molecule has 0 radical (unpaired) electrons. The number of anilines is 1. The van der Waals surface area contributed by atoms with Crippen LogP contribution < -0.4 is 4.90 Å². The fraction of sp³-hybridized carbons (Fsp3) is 0.321.